The minimum atomic E-state index is -4.06. The van der Waals surface area contributed by atoms with Crippen LogP contribution in [-0.4, -0.2) is 43.8 Å². The molecule has 0 aliphatic heterocycles. The van der Waals surface area contributed by atoms with Gasteiger partial charge in [-0.15, -0.1) is 0 Å². The number of aryl methyl sites for hydroxylation is 1. The molecule has 0 aliphatic carbocycles. The van der Waals surface area contributed by atoms with E-state index in [0.717, 1.165) is 15.4 Å². The van der Waals surface area contributed by atoms with Crippen LogP contribution in [-0.2, 0) is 26.2 Å². The Morgan fingerprint density at radius 1 is 0.865 bits per heavy atom. The van der Waals surface area contributed by atoms with Crippen molar-refractivity contribution >= 4 is 27.5 Å². The summed E-state index contributed by atoms with van der Waals surface area (Å²) in [5.74, 6) is -0.733. The molecule has 0 aromatic heterocycles. The van der Waals surface area contributed by atoms with Gasteiger partial charge in [0.1, 0.15) is 12.6 Å². The molecule has 0 bridgehead atoms. The summed E-state index contributed by atoms with van der Waals surface area (Å²) in [6.07, 6.45) is 0.382. The average molecular weight is 522 g/mol. The topological polar surface area (TPSA) is 86.8 Å². The average Bonchev–Trinajstić information content (AvgIpc) is 2.88. The molecule has 0 unspecified atom stereocenters. The van der Waals surface area contributed by atoms with Crippen LogP contribution in [0.3, 0.4) is 0 Å². The third kappa shape index (κ3) is 7.20. The van der Waals surface area contributed by atoms with Crippen LogP contribution in [0, 0.1) is 6.92 Å². The van der Waals surface area contributed by atoms with Crippen LogP contribution in [0.5, 0.6) is 0 Å². The molecule has 3 aromatic carbocycles. The molecule has 3 rings (SSSR count). The zero-order valence-electron chi connectivity index (χ0n) is 21.8. The SMILES string of the molecule is CC[C@@H](C(=O)NC(C)C)N(Cc1ccccc1)C(=O)CN(c1ccccc1)S(=O)(=O)c1ccc(C)cc1. The third-order valence-corrected chi connectivity index (χ3v) is 7.73. The van der Waals surface area contributed by atoms with Crippen LogP contribution in [0.25, 0.3) is 0 Å². The molecule has 0 radical (unpaired) electrons. The lowest BCUT2D eigenvalue weighted by atomic mass is 10.1. The van der Waals surface area contributed by atoms with E-state index in [4.69, 9.17) is 0 Å². The molecule has 0 saturated heterocycles. The highest BCUT2D eigenvalue weighted by molar-refractivity contribution is 7.92. The highest BCUT2D eigenvalue weighted by Gasteiger charge is 2.33. The summed E-state index contributed by atoms with van der Waals surface area (Å²) in [4.78, 5) is 28.6. The Labute approximate surface area is 220 Å². The van der Waals surface area contributed by atoms with E-state index in [-0.39, 0.29) is 23.4 Å². The van der Waals surface area contributed by atoms with Gasteiger partial charge in [-0.1, -0.05) is 73.2 Å². The molecule has 3 aromatic rings. The second-order valence-electron chi connectivity index (χ2n) is 9.25. The van der Waals surface area contributed by atoms with E-state index in [1.807, 2.05) is 58.0 Å². The Hall–Kier alpha value is -3.65. The quantitative estimate of drug-likeness (QED) is 0.402. The minimum absolute atomic E-state index is 0.0916. The maximum atomic E-state index is 13.9. The number of anilines is 1. The molecule has 0 aliphatic rings. The summed E-state index contributed by atoms with van der Waals surface area (Å²) in [6.45, 7) is 7.17. The van der Waals surface area contributed by atoms with E-state index in [1.54, 1.807) is 42.5 Å². The second-order valence-corrected chi connectivity index (χ2v) is 11.1. The summed E-state index contributed by atoms with van der Waals surface area (Å²) >= 11 is 0. The number of carbonyl (C=O) groups is 2. The summed E-state index contributed by atoms with van der Waals surface area (Å²) in [5.41, 5.74) is 2.15. The van der Waals surface area contributed by atoms with Gasteiger partial charge < -0.3 is 10.2 Å². The van der Waals surface area contributed by atoms with Gasteiger partial charge in [-0.2, -0.15) is 0 Å². The van der Waals surface area contributed by atoms with Crippen LogP contribution < -0.4 is 9.62 Å². The smallest absolute Gasteiger partial charge is 0.264 e. The van der Waals surface area contributed by atoms with Gasteiger partial charge >= 0.3 is 0 Å². The summed E-state index contributed by atoms with van der Waals surface area (Å²) in [6, 6.07) is 23.6. The predicted octanol–water partition coefficient (Wildman–Crippen LogP) is 4.52. The lowest BCUT2D eigenvalue weighted by Crippen LogP contribution is -2.53. The van der Waals surface area contributed by atoms with Crippen molar-refractivity contribution in [2.45, 2.75) is 57.6 Å². The number of nitrogens with zero attached hydrogens (tertiary/aromatic N) is 2. The molecule has 0 spiro atoms. The van der Waals surface area contributed by atoms with Crippen LogP contribution in [0.4, 0.5) is 5.69 Å². The van der Waals surface area contributed by atoms with Crippen molar-refractivity contribution in [3.05, 3.63) is 96.1 Å². The van der Waals surface area contributed by atoms with Crippen molar-refractivity contribution in [1.82, 2.24) is 10.2 Å². The number of sulfonamides is 1. The van der Waals surface area contributed by atoms with Crippen molar-refractivity contribution in [3.63, 3.8) is 0 Å². The second kappa shape index (κ2) is 12.5. The molecule has 0 saturated carbocycles. The van der Waals surface area contributed by atoms with E-state index in [2.05, 4.69) is 5.32 Å². The lowest BCUT2D eigenvalue weighted by molar-refractivity contribution is -0.140. The van der Waals surface area contributed by atoms with Gasteiger partial charge in [-0.25, -0.2) is 8.42 Å². The first-order valence-corrected chi connectivity index (χ1v) is 13.9. The molecule has 1 atom stereocenters. The Kier molecular flexibility index (Phi) is 9.47. The lowest BCUT2D eigenvalue weighted by Gasteiger charge is -2.33. The van der Waals surface area contributed by atoms with Crippen LogP contribution in [0.2, 0.25) is 0 Å². The first-order chi connectivity index (χ1) is 17.6. The van der Waals surface area contributed by atoms with E-state index in [0.29, 0.717) is 12.1 Å². The zero-order valence-corrected chi connectivity index (χ0v) is 22.6. The Morgan fingerprint density at radius 3 is 1.97 bits per heavy atom. The standard InChI is InChI=1S/C29H35N3O4S/c1-5-27(29(34)30-22(2)3)31(20-24-12-8-6-9-13-24)28(33)21-32(25-14-10-7-11-15-25)37(35,36)26-18-16-23(4)17-19-26/h6-19,22,27H,5,20-21H2,1-4H3,(H,30,34)/t27-/m0/s1. The van der Waals surface area contributed by atoms with Gasteiger partial charge in [-0.05, 0) is 57.0 Å². The first kappa shape index (κ1) is 27.9. The van der Waals surface area contributed by atoms with Crippen molar-refractivity contribution in [2.75, 3.05) is 10.8 Å². The third-order valence-electron chi connectivity index (χ3n) is 5.94. The normalized spacial score (nSPS) is 12.1. The van der Waals surface area contributed by atoms with Gasteiger partial charge in [0, 0.05) is 12.6 Å². The van der Waals surface area contributed by atoms with E-state index < -0.39 is 28.5 Å². The molecule has 1 N–H and O–H groups in total. The molecular weight excluding hydrogens is 486 g/mol. The van der Waals surface area contributed by atoms with E-state index >= 15 is 0 Å². The van der Waals surface area contributed by atoms with Crippen molar-refractivity contribution in [1.29, 1.82) is 0 Å². The van der Waals surface area contributed by atoms with Gasteiger partial charge in [0.2, 0.25) is 11.8 Å². The van der Waals surface area contributed by atoms with E-state index in [1.165, 1.54) is 17.0 Å². The maximum Gasteiger partial charge on any atom is 0.264 e. The number of rotatable bonds is 11. The summed E-state index contributed by atoms with van der Waals surface area (Å²) in [5, 5.41) is 2.90. The Morgan fingerprint density at radius 2 is 1.43 bits per heavy atom. The zero-order chi connectivity index (χ0) is 27.0. The summed E-state index contributed by atoms with van der Waals surface area (Å²) in [7, 11) is -4.06. The maximum absolute atomic E-state index is 13.9. The highest BCUT2D eigenvalue weighted by atomic mass is 32.2. The first-order valence-electron chi connectivity index (χ1n) is 12.4. The predicted molar refractivity (Wildman–Crippen MR) is 147 cm³/mol. The van der Waals surface area contributed by atoms with Crippen molar-refractivity contribution < 1.29 is 18.0 Å². The van der Waals surface area contributed by atoms with Gasteiger partial charge in [0.15, 0.2) is 0 Å². The van der Waals surface area contributed by atoms with Crippen LogP contribution in [0.1, 0.15) is 38.3 Å². The number of amides is 2. The molecule has 196 valence electrons. The van der Waals surface area contributed by atoms with Crippen molar-refractivity contribution in [2.24, 2.45) is 0 Å². The number of hydrogen-bond acceptors (Lipinski definition) is 4. The number of benzene rings is 3. The largest absolute Gasteiger partial charge is 0.352 e. The molecular formula is C29H35N3O4S. The fourth-order valence-corrected chi connectivity index (χ4v) is 5.45. The molecule has 7 nitrogen and oxygen atoms in total. The van der Waals surface area contributed by atoms with Crippen LogP contribution >= 0.6 is 0 Å². The molecule has 0 heterocycles. The van der Waals surface area contributed by atoms with Crippen LogP contribution in [0.15, 0.2) is 89.8 Å². The molecule has 0 fully saturated rings. The fraction of sp³-hybridized carbons (Fsp3) is 0.310. The van der Waals surface area contributed by atoms with E-state index in [9.17, 15) is 18.0 Å². The van der Waals surface area contributed by atoms with Gasteiger partial charge in [0.05, 0.1) is 10.6 Å². The number of para-hydroxylation sites is 1. The Balaban J connectivity index is 2.02. The fourth-order valence-electron chi connectivity index (χ4n) is 4.04. The Bertz CT molecular complexity index is 1280. The molecule has 37 heavy (non-hydrogen) atoms. The molecule has 8 heteroatoms. The molecule has 2 amide bonds. The highest BCUT2D eigenvalue weighted by Crippen LogP contribution is 2.25. The number of nitrogens with one attached hydrogen (secondary N) is 1. The minimum Gasteiger partial charge on any atom is -0.352 e. The van der Waals surface area contributed by atoms with Crippen molar-refractivity contribution in [3.8, 4) is 0 Å². The van der Waals surface area contributed by atoms with Gasteiger partial charge in [0.25, 0.3) is 10.0 Å². The number of carbonyl (C=O) groups excluding carboxylic acids is 2. The van der Waals surface area contributed by atoms with Gasteiger partial charge in [-0.3, -0.25) is 13.9 Å². The number of hydrogen-bond donors (Lipinski definition) is 1. The summed E-state index contributed by atoms with van der Waals surface area (Å²) < 4.78 is 28.6. The monoisotopic (exact) mass is 521 g/mol.